The van der Waals surface area contributed by atoms with Crippen molar-refractivity contribution < 1.29 is 9.59 Å². The zero-order valence-corrected chi connectivity index (χ0v) is 13.3. The predicted molar refractivity (Wildman–Crippen MR) is 91.5 cm³/mol. The van der Waals surface area contributed by atoms with E-state index in [0.29, 0.717) is 17.7 Å². The van der Waals surface area contributed by atoms with Crippen LogP contribution in [-0.4, -0.2) is 26.7 Å². The number of rotatable bonds is 3. The Morgan fingerprint density at radius 1 is 1.12 bits per heavy atom. The Bertz CT molecular complexity index is 978. The van der Waals surface area contributed by atoms with Crippen molar-refractivity contribution in [2.75, 3.05) is 5.43 Å². The standard InChI is InChI=1S/C18H15N5O2/c19-17(24)15-14-8-7-11-4-1-2-6-13(11)16(14)23(21-15)22-18(25)12-5-3-9-20-10-12/h1-6,9-10H,7-8H2,(H2,19,24)(H,22,25). The summed E-state index contributed by atoms with van der Waals surface area (Å²) in [7, 11) is 0. The Morgan fingerprint density at radius 2 is 1.96 bits per heavy atom. The molecule has 0 fully saturated rings. The number of aryl methyl sites for hydroxylation is 1. The number of pyridine rings is 1. The summed E-state index contributed by atoms with van der Waals surface area (Å²) in [4.78, 5) is 29.5. The molecule has 1 aliphatic carbocycles. The van der Waals surface area contributed by atoms with Crippen LogP contribution in [0.25, 0.3) is 11.3 Å². The quantitative estimate of drug-likeness (QED) is 0.758. The third-order valence-electron chi connectivity index (χ3n) is 4.26. The summed E-state index contributed by atoms with van der Waals surface area (Å²) in [5.41, 5.74) is 12.3. The summed E-state index contributed by atoms with van der Waals surface area (Å²) in [5, 5.41) is 4.25. The molecule has 0 bridgehead atoms. The minimum atomic E-state index is -0.606. The first-order chi connectivity index (χ1) is 12.1. The fourth-order valence-electron chi connectivity index (χ4n) is 3.13. The summed E-state index contributed by atoms with van der Waals surface area (Å²) in [6.07, 6.45) is 4.50. The van der Waals surface area contributed by atoms with Crippen LogP contribution in [-0.2, 0) is 12.8 Å². The molecule has 0 saturated heterocycles. The fourth-order valence-corrected chi connectivity index (χ4v) is 3.13. The van der Waals surface area contributed by atoms with Crippen molar-refractivity contribution in [3.8, 4) is 11.3 Å². The molecule has 0 spiro atoms. The fraction of sp³-hybridized carbons (Fsp3) is 0.111. The molecule has 0 radical (unpaired) electrons. The highest BCUT2D eigenvalue weighted by molar-refractivity contribution is 6.00. The summed E-state index contributed by atoms with van der Waals surface area (Å²) < 4.78 is 0. The molecule has 25 heavy (non-hydrogen) atoms. The molecule has 0 unspecified atom stereocenters. The van der Waals surface area contributed by atoms with Crippen LogP contribution >= 0.6 is 0 Å². The number of nitrogens with zero attached hydrogens (tertiary/aromatic N) is 3. The summed E-state index contributed by atoms with van der Waals surface area (Å²) >= 11 is 0. The molecule has 2 heterocycles. The number of hydrogen-bond acceptors (Lipinski definition) is 4. The van der Waals surface area contributed by atoms with E-state index in [0.717, 1.165) is 23.1 Å². The second kappa shape index (κ2) is 5.86. The monoisotopic (exact) mass is 333 g/mol. The van der Waals surface area contributed by atoms with Gasteiger partial charge in [-0.25, -0.2) is 5.43 Å². The van der Waals surface area contributed by atoms with Crippen LogP contribution in [0.1, 0.15) is 32.0 Å². The van der Waals surface area contributed by atoms with E-state index in [2.05, 4.69) is 15.5 Å². The molecule has 124 valence electrons. The third kappa shape index (κ3) is 2.55. The van der Waals surface area contributed by atoms with Crippen molar-refractivity contribution in [3.63, 3.8) is 0 Å². The molecule has 0 atom stereocenters. The molecule has 0 saturated carbocycles. The molecule has 1 aromatic carbocycles. The lowest BCUT2D eigenvalue weighted by molar-refractivity contribution is 0.0983. The molecular formula is C18H15N5O2. The van der Waals surface area contributed by atoms with Gasteiger partial charge in [-0.1, -0.05) is 24.3 Å². The van der Waals surface area contributed by atoms with Gasteiger partial charge in [-0.3, -0.25) is 14.6 Å². The van der Waals surface area contributed by atoms with Gasteiger partial charge in [-0.15, -0.1) is 5.10 Å². The van der Waals surface area contributed by atoms with E-state index >= 15 is 0 Å². The molecular weight excluding hydrogens is 318 g/mol. The second-order valence-electron chi connectivity index (χ2n) is 5.79. The van der Waals surface area contributed by atoms with Gasteiger partial charge in [-0.2, -0.15) is 4.79 Å². The van der Waals surface area contributed by atoms with E-state index in [1.165, 1.54) is 11.0 Å². The normalized spacial score (nSPS) is 12.2. The Balaban J connectivity index is 1.82. The minimum absolute atomic E-state index is 0.191. The SMILES string of the molecule is NC(=O)c1nn(NC(=O)c2cccnc2)c2c1CCc1ccccc1-2. The Labute approximate surface area is 143 Å². The largest absolute Gasteiger partial charge is 0.364 e. The van der Waals surface area contributed by atoms with Gasteiger partial charge in [-0.05, 0) is 30.5 Å². The van der Waals surface area contributed by atoms with Gasteiger partial charge in [0.2, 0.25) is 0 Å². The number of carbonyl (C=O) groups is 2. The number of fused-ring (bicyclic) bond motifs is 3. The molecule has 3 aromatic rings. The maximum absolute atomic E-state index is 12.5. The van der Waals surface area contributed by atoms with E-state index < -0.39 is 5.91 Å². The summed E-state index contributed by atoms with van der Waals surface area (Å²) in [6.45, 7) is 0. The van der Waals surface area contributed by atoms with Crippen molar-refractivity contribution in [2.24, 2.45) is 5.73 Å². The van der Waals surface area contributed by atoms with E-state index in [9.17, 15) is 9.59 Å². The first kappa shape index (κ1) is 15.1. The number of aromatic nitrogens is 3. The highest BCUT2D eigenvalue weighted by Gasteiger charge is 2.28. The molecule has 0 aliphatic heterocycles. The van der Waals surface area contributed by atoms with Crippen LogP contribution in [0.2, 0.25) is 0 Å². The second-order valence-corrected chi connectivity index (χ2v) is 5.79. The van der Waals surface area contributed by atoms with E-state index in [-0.39, 0.29) is 11.6 Å². The van der Waals surface area contributed by atoms with Crippen LogP contribution in [0.15, 0.2) is 48.8 Å². The number of hydrogen-bond donors (Lipinski definition) is 2. The minimum Gasteiger partial charge on any atom is -0.364 e. The Hall–Kier alpha value is -3.48. The van der Waals surface area contributed by atoms with Gasteiger partial charge in [0.05, 0.1) is 11.3 Å². The zero-order chi connectivity index (χ0) is 17.4. The molecule has 3 N–H and O–H groups in total. The van der Waals surface area contributed by atoms with E-state index in [1.807, 2.05) is 24.3 Å². The lowest BCUT2D eigenvalue weighted by Gasteiger charge is -2.18. The number of amides is 2. The first-order valence-electron chi connectivity index (χ1n) is 7.86. The van der Waals surface area contributed by atoms with Crippen LogP contribution in [0.4, 0.5) is 0 Å². The van der Waals surface area contributed by atoms with Gasteiger partial charge in [0.15, 0.2) is 5.69 Å². The maximum atomic E-state index is 12.5. The lowest BCUT2D eigenvalue weighted by Crippen LogP contribution is -2.26. The van der Waals surface area contributed by atoms with Crippen LogP contribution in [0.5, 0.6) is 0 Å². The van der Waals surface area contributed by atoms with Crippen molar-refractivity contribution in [1.29, 1.82) is 0 Å². The predicted octanol–water partition coefficient (Wildman–Crippen LogP) is 1.53. The van der Waals surface area contributed by atoms with Gasteiger partial charge < -0.3 is 5.73 Å². The molecule has 7 nitrogen and oxygen atoms in total. The van der Waals surface area contributed by atoms with Crippen LogP contribution < -0.4 is 11.2 Å². The molecule has 7 heteroatoms. The van der Waals surface area contributed by atoms with Crippen LogP contribution in [0.3, 0.4) is 0 Å². The smallest absolute Gasteiger partial charge is 0.272 e. The van der Waals surface area contributed by atoms with E-state index in [4.69, 9.17) is 5.73 Å². The molecule has 2 amide bonds. The third-order valence-corrected chi connectivity index (χ3v) is 4.26. The van der Waals surface area contributed by atoms with Gasteiger partial charge in [0.1, 0.15) is 0 Å². The highest BCUT2D eigenvalue weighted by Crippen LogP contribution is 2.34. The van der Waals surface area contributed by atoms with Gasteiger partial charge in [0, 0.05) is 23.5 Å². The lowest BCUT2D eigenvalue weighted by atomic mass is 9.89. The highest BCUT2D eigenvalue weighted by atomic mass is 16.2. The van der Waals surface area contributed by atoms with Crippen LogP contribution in [0, 0.1) is 0 Å². The number of nitrogens with two attached hydrogens (primary N) is 1. The molecule has 2 aromatic heterocycles. The average Bonchev–Trinajstić information content (AvgIpc) is 3.01. The topological polar surface area (TPSA) is 103 Å². The number of primary amides is 1. The number of carbonyl (C=O) groups excluding carboxylic acids is 2. The van der Waals surface area contributed by atoms with Gasteiger partial charge >= 0.3 is 0 Å². The number of nitrogens with one attached hydrogen (secondary N) is 1. The van der Waals surface area contributed by atoms with Gasteiger partial charge in [0.25, 0.3) is 11.8 Å². The average molecular weight is 333 g/mol. The summed E-state index contributed by atoms with van der Waals surface area (Å²) in [5.74, 6) is -0.970. The van der Waals surface area contributed by atoms with Crippen molar-refractivity contribution >= 4 is 11.8 Å². The van der Waals surface area contributed by atoms with E-state index in [1.54, 1.807) is 18.3 Å². The summed E-state index contributed by atoms with van der Waals surface area (Å²) in [6, 6.07) is 11.2. The van der Waals surface area contributed by atoms with Crippen molar-refractivity contribution in [3.05, 3.63) is 71.2 Å². The van der Waals surface area contributed by atoms with Crippen molar-refractivity contribution in [2.45, 2.75) is 12.8 Å². The first-order valence-corrected chi connectivity index (χ1v) is 7.86. The van der Waals surface area contributed by atoms with Crippen molar-refractivity contribution in [1.82, 2.24) is 14.9 Å². The Kier molecular flexibility index (Phi) is 3.53. The molecule has 4 rings (SSSR count). The maximum Gasteiger partial charge on any atom is 0.272 e. The zero-order valence-electron chi connectivity index (χ0n) is 13.3. The molecule has 1 aliphatic rings. The Morgan fingerprint density at radius 3 is 2.72 bits per heavy atom. The number of benzene rings is 1.